The van der Waals surface area contributed by atoms with Crippen LogP contribution in [0.15, 0.2) is 53.5 Å². The first kappa shape index (κ1) is 28.9. The number of nitrogens with zero attached hydrogens (tertiary/aromatic N) is 3. The van der Waals surface area contributed by atoms with Gasteiger partial charge in [-0.2, -0.15) is 0 Å². The first-order valence-corrected chi connectivity index (χ1v) is 12.5. The monoisotopic (exact) mass is 525 g/mol. The summed E-state index contributed by atoms with van der Waals surface area (Å²) in [6, 6.07) is 2.13. The molecule has 1 aromatic rings. The second kappa shape index (κ2) is 11.2. The van der Waals surface area contributed by atoms with Gasteiger partial charge < -0.3 is 9.84 Å². The lowest BCUT2D eigenvalue weighted by Gasteiger charge is -2.41. The molecular weight excluding hydrogens is 494 g/mol. The summed E-state index contributed by atoms with van der Waals surface area (Å²) < 4.78 is 33.2. The van der Waals surface area contributed by atoms with Crippen molar-refractivity contribution in [3.63, 3.8) is 0 Å². The van der Waals surface area contributed by atoms with Crippen molar-refractivity contribution in [2.75, 3.05) is 13.2 Å². The first-order valence-electron chi connectivity index (χ1n) is 11.1. The predicted octanol–water partition coefficient (Wildman–Crippen LogP) is 3.36. The summed E-state index contributed by atoms with van der Waals surface area (Å²) in [6.45, 7) is 11.0. The van der Waals surface area contributed by atoms with E-state index in [0.717, 1.165) is 17.0 Å². The maximum Gasteiger partial charge on any atom is 0.411 e. The minimum atomic E-state index is -4.67. The normalized spacial score (nSPS) is 18.6. The molecule has 0 radical (unpaired) electrons. The van der Waals surface area contributed by atoms with Gasteiger partial charge >= 0.3 is 12.1 Å². The molecular formula is C23H31N3O9S. The van der Waals surface area contributed by atoms with Crippen molar-refractivity contribution in [1.29, 1.82) is 0 Å². The van der Waals surface area contributed by atoms with Crippen LogP contribution in [0.4, 0.5) is 10.5 Å². The van der Waals surface area contributed by atoms with Gasteiger partial charge in [0.25, 0.3) is 15.7 Å². The Balaban J connectivity index is 2.70. The van der Waals surface area contributed by atoms with Gasteiger partial charge in [0.15, 0.2) is 10.9 Å². The maximum absolute atomic E-state index is 13.6. The number of amides is 1. The van der Waals surface area contributed by atoms with Crippen LogP contribution in [0.3, 0.4) is 0 Å². The molecule has 0 saturated heterocycles. The molecule has 36 heavy (non-hydrogen) atoms. The average Bonchev–Trinajstić information content (AvgIpc) is 2.77. The quantitative estimate of drug-likeness (QED) is 0.290. The molecule has 12 nitrogen and oxygen atoms in total. The summed E-state index contributed by atoms with van der Waals surface area (Å²) >= 11 is 0. The summed E-state index contributed by atoms with van der Waals surface area (Å²) in [5.41, 5.74) is -1.37. The van der Waals surface area contributed by atoms with E-state index in [1.807, 2.05) is 0 Å². The van der Waals surface area contributed by atoms with Gasteiger partial charge in [-0.3, -0.25) is 19.9 Å². The van der Waals surface area contributed by atoms with Crippen LogP contribution in [-0.2, 0) is 24.4 Å². The number of aliphatic carboxylic acids is 1. The third-order valence-corrected chi connectivity index (χ3v) is 6.84. The van der Waals surface area contributed by atoms with Crippen LogP contribution in [0.25, 0.3) is 0 Å². The molecule has 1 aliphatic rings. The van der Waals surface area contributed by atoms with Gasteiger partial charge in [0.1, 0.15) is 5.60 Å². The average molecular weight is 526 g/mol. The number of ether oxygens (including phenoxy) is 1. The van der Waals surface area contributed by atoms with Gasteiger partial charge in [-0.15, -0.1) is 6.58 Å². The molecule has 13 heteroatoms. The van der Waals surface area contributed by atoms with Gasteiger partial charge in [0.2, 0.25) is 0 Å². The Morgan fingerprint density at radius 3 is 2.44 bits per heavy atom. The lowest BCUT2D eigenvalue weighted by atomic mass is 9.89. The van der Waals surface area contributed by atoms with E-state index in [1.165, 1.54) is 24.3 Å². The molecule has 1 heterocycles. The number of sulfonamides is 1. The van der Waals surface area contributed by atoms with Crippen LogP contribution < -0.4 is 0 Å². The van der Waals surface area contributed by atoms with Crippen molar-refractivity contribution in [2.24, 2.45) is 5.92 Å². The summed E-state index contributed by atoms with van der Waals surface area (Å²) in [5, 5.41) is 21.5. The van der Waals surface area contributed by atoms with E-state index in [-0.39, 0.29) is 12.2 Å². The molecule has 0 aromatic heterocycles. The number of carboxylic acids is 1. The zero-order valence-corrected chi connectivity index (χ0v) is 21.6. The third kappa shape index (κ3) is 6.47. The Hall–Kier alpha value is -3.29. The number of rotatable bonds is 9. The molecule has 1 amide bonds. The number of nitro benzene ring substituents is 1. The number of carboxylic acid groups (broad SMARTS) is 1. The van der Waals surface area contributed by atoms with Crippen molar-refractivity contribution >= 4 is 27.8 Å². The van der Waals surface area contributed by atoms with Gasteiger partial charge in [-0.1, -0.05) is 42.6 Å². The van der Waals surface area contributed by atoms with Crippen LogP contribution in [0, 0.1) is 16.0 Å². The summed E-state index contributed by atoms with van der Waals surface area (Å²) in [7, 11) is -4.67. The second-order valence-corrected chi connectivity index (χ2v) is 11.1. The van der Waals surface area contributed by atoms with Crippen LogP contribution in [0.5, 0.6) is 0 Å². The van der Waals surface area contributed by atoms with Gasteiger partial charge in [-0.25, -0.2) is 18.0 Å². The standard InChI is InChI=1S/C23H31N3O9S/c1-7-12-34-26(36(32,33)19-11-9-8-10-18(19)25(30)31)16-13-17(15(2)3)20(21(27)28)24(14-16)22(29)35-23(4,5)6/h7-11,13,15-16,20H,1,12,14H2,2-6H3,(H,27,28)/t16-,20+/m1/s1. The van der Waals surface area contributed by atoms with Gasteiger partial charge in [-0.05, 0) is 38.3 Å². The maximum atomic E-state index is 13.6. The number of hydrogen-bond donors (Lipinski definition) is 1. The second-order valence-electron chi connectivity index (χ2n) is 9.33. The minimum absolute atomic E-state index is 0.245. The number of benzene rings is 1. The largest absolute Gasteiger partial charge is 0.479 e. The molecule has 1 aromatic carbocycles. The summed E-state index contributed by atoms with van der Waals surface area (Å²) in [5.74, 6) is -1.73. The number of nitro groups is 1. The van der Waals surface area contributed by atoms with E-state index in [9.17, 15) is 33.2 Å². The highest BCUT2D eigenvalue weighted by Gasteiger charge is 2.45. The zero-order chi connectivity index (χ0) is 27.4. The molecule has 0 bridgehead atoms. The van der Waals surface area contributed by atoms with Crippen molar-refractivity contribution < 1.29 is 37.6 Å². The van der Waals surface area contributed by atoms with Gasteiger partial charge in [0, 0.05) is 12.6 Å². The number of carbonyl (C=O) groups is 2. The van der Waals surface area contributed by atoms with E-state index >= 15 is 0 Å². The van der Waals surface area contributed by atoms with E-state index in [1.54, 1.807) is 34.6 Å². The van der Waals surface area contributed by atoms with Crippen LogP contribution in [-0.4, -0.2) is 70.7 Å². The van der Waals surface area contributed by atoms with Crippen LogP contribution in [0.1, 0.15) is 34.6 Å². The molecule has 1 aliphatic heterocycles. The fraction of sp³-hybridized carbons (Fsp3) is 0.478. The number of carbonyl (C=O) groups excluding carboxylic acids is 1. The SMILES string of the molecule is C=CCON([C@@H]1C=C(C(C)C)[C@@H](C(=O)O)N(C(=O)OC(C)(C)C)C1)S(=O)(=O)c1ccccc1[N+](=O)[O-]. The molecule has 2 atom stereocenters. The Kier molecular flexibility index (Phi) is 8.99. The first-order chi connectivity index (χ1) is 16.6. The lowest BCUT2D eigenvalue weighted by Crippen LogP contribution is -2.58. The molecule has 2 rings (SSSR count). The summed E-state index contributed by atoms with van der Waals surface area (Å²) in [6.07, 6.45) is 1.72. The van der Waals surface area contributed by atoms with Crippen molar-refractivity contribution in [3.8, 4) is 0 Å². The highest BCUT2D eigenvalue weighted by Crippen LogP contribution is 2.33. The molecule has 0 saturated carbocycles. The number of para-hydroxylation sites is 1. The Morgan fingerprint density at radius 1 is 1.33 bits per heavy atom. The fourth-order valence-corrected chi connectivity index (χ4v) is 5.19. The minimum Gasteiger partial charge on any atom is -0.479 e. The van der Waals surface area contributed by atoms with E-state index in [4.69, 9.17) is 9.57 Å². The van der Waals surface area contributed by atoms with Crippen molar-refractivity contribution in [1.82, 2.24) is 9.37 Å². The molecule has 0 spiro atoms. The Morgan fingerprint density at radius 2 is 1.94 bits per heavy atom. The third-order valence-electron chi connectivity index (χ3n) is 5.09. The molecule has 198 valence electrons. The van der Waals surface area contributed by atoms with Crippen LogP contribution >= 0.6 is 0 Å². The smallest absolute Gasteiger partial charge is 0.411 e. The fourth-order valence-electron chi connectivity index (χ4n) is 3.66. The van der Waals surface area contributed by atoms with E-state index in [2.05, 4.69) is 6.58 Å². The lowest BCUT2D eigenvalue weighted by molar-refractivity contribution is -0.388. The Labute approximate surface area is 209 Å². The topological polar surface area (TPSA) is 157 Å². The number of hydroxylamine groups is 1. The van der Waals surface area contributed by atoms with E-state index in [0.29, 0.717) is 4.47 Å². The zero-order valence-electron chi connectivity index (χ0n) is 20.8. The van der Waals surface area contributed by atoms with Gasteiger partial charge in [0.05, 0.1) is 17.6 Å². The molecule has 1 N–H and O–H groups in total. The predicted molar refractivity (Wildman–Crippen MR) is 129 cm³/mol. The van der Waals surface area contributed by atoms with Crippen molar-refractivity contribution in [2.45, 2.75) is 57.2 Å². The van der Waals surface area contributed by atoms with Crippen LogP contribution in [0.2, 0.25) is 0 Å². The summed E-state index contributed by atoms with van der Waals surface area (Å²) in [4.78, 5) is 41.7. The van der Waals surface area contributed by atoms with Crippen molar-refractivity contribution in [3.05, 3.63) is 58.7 Å². The Bertz CT molecular complexity index is 1160. The van der Waals surface area contributed by atoms with E-state index < -0.39 is 67.7 Å². The highest BCUT2D eigenvalue weighted by atomic mass is 32.2. The number of hydrogen-bond acceptors (Lipinski definition) is 8. The molecule has 0 unspecified atom stereocenters. The highest BCUT2D eigenvalue weighted by molar-refractivity contribution is 7.89. The molecule has 0 fully saturated rings. The molecule has 0 aliphatic carbocycles.